The van der Waals surface area contributed by atoms with E-state index >= 15 is 0 Å². The highest BCUT2D eigenvalue weighted by molar-refractivity contribution is 7.99. The molecule has 0 aliphatic rings. The predicted molar refractivity (Wildman–Crippen MR) is 64.6 cm³/mol. The molecular formula is C11H14N4OS. The summed E-state index contributed by atoms with van der Waals surface area (Å²) in [5, 5.41) is 8.20. The van der Waals surface area contributed by atoms with E-state index in [4.69, 9.17) is 10.2 Å². The van der Waals surface area contributed by atoms with Crippen molar-refractivity contribution in [2.24, 2.45) is 5.73 Å². The van der Waals surface area contributed by atoms with Crippen LogP contribution in [0.1, 0.15) is 31.0 Å². The molecule has 0 amide bonds. The summed E-state index contributed by atoms with van der Waals surface area (Å²) in [6.45, 7) is 3.80. The number of aryl methyl sites for hydroxylation is 1. The fourth-order valence-corrected chi connectivity index (χ4v) is 1.99. The highest BCUT2D eigenvalue weighted by atomic mass is 32.2. The maximum absolute atomic E-state index is 5.89. The van der Waals surface area contributed by atoms with Crippen molar-refractivity contribution in [2.45, 2.75) is 36.4 Å². The predicted octanol–water partition coefficient (Wildman–Crippen LogP) is 2.33. The van der Waals surface area contributed by atoms with Crippen LogP contribution in [0.15, 0.2) is 32.9 Å². The summed E-state index contributed by atoms with van der Waals surface area (Å²) in [4.78, 5) is 5.28. The van der Waals surface area contributed by atoms with Gasteiger partial charge in [0.25, 0.3) is 5.22 Å². The number of aromatic nitrogens is 3. The first kappa shape index (κ1) is 12.1. The molecule has 0 aliphatic heterocycles. The normalized spacial score (nSPS) is 12.6. The maximum atomic E-state index is 5.89. The highest BCUT2D eigenvalue weighted by Gasteiger charge is 2.07. The second-order valence-electron chi connectivity index (χ2n) is 3.62. The lowest BCUT2D eigenvalue weighted by Gasteiger charge is -2.07. The van der Waals surface area contributed by atoms with E-state index in [1.807, 2.05) is 19.1 Å². The van der Waals surface area contributed by atoms with Crippen molar-refractivity contribution < 1.29 is 4.42 Å². The molecule has 1 atom stereocenters. The molecule has 0 fully saturated rings. The Kier molecular flexibility index (Phi) is 3.75. The van der Waals surface area contributed by atoms with E-state index in [1.165, 1.54) is 11.8 Å². The smallest absolute Gasteiger partial charge is 0.281 e. The number of nitrogens with two attached hydrogens (primary N) is 1. The Morgan fingerprint density at radius 3 is 2.76 bits per heavy atom. The molecule has 0 aliphatic carbocycles. The molecule has 90 valence electrons. The fourth-order valence-electron chi connectivity index (χ4n) is 1.30. The van der Waals surface area contributed by atoms with Gasteiger partial charge in [-0.3, -0.25) is 4.98 Å². The summed E-state index contributed by atoms with van der Waals surface area (Å²) < 4.78 is 5.27. The van der Waals surface area contributed by atoms with E-state index in [0.717, 1.165) is 17.0 Å². The average Bonchev–Trinajstić information content (AvgIpc) is 2.75. The van der Waals surface area contributed by atoms with E-state index in [2.05, 4.69) is 15.2 Å². The number of pyridine rings is 1. The number of hydrogen-bond acceptors (Lipinski definition) is 6. The zero-order chi connectivity index (χ0) is 12.3. The van der Waals surface area contributed by atoms with E-state index in [0.29, 0.717) is 11.1 Å². The minimum atomic E-state index is -0.000279. The first-order valence-corrected chi connectivity index (χ1v) is 6.20. The third kappa shape index (κ3) is 3.04. The van der Waals surface area contributed by atoms with Crippen LogP contribution in [0.2, 0.25) is 0 Å². The molecule has 0 spiro atoms. The van der Waals surface area contributed by atoms with Crippen LogP contribution in [0.5, 0.6) is 0 Å². The van der Waals surface area contributed by atoms with Gasteiger partial charge in [-0.05, 0) is 30.3 Å². The number of hydrogen-bond donors (Lipinski definition) is 1. The Hall–Kier alpha value is -1.40. The second kappa shape index (κ2) is 5.29. The second-order valence-corrected chi connectivity index (χ2v) is 4.65. The first-order chi connectivity index (χ1) is 8.19. The first-order valence-electron chi connectivity index (χ1n) is 5.38. The van der Waals surface area contributed by atoms with Crippen molar-refractivity contribution in [3.8, 4) is 0 Å². The lowest BCUT2D eigenvalue weighted by molar-refractivity contribution is 0.429. The summed E-state index contributed by atoms with van der Waals surface area (Å²) in [5.74, 6) is 0.560. The SMILES string of the molecule is CCC(N)c1ccc(Sc2nnc(C)o2)cn1. The van der Waals surface area contributed by atoms with Gasteiger partial charge in [0.2, 0.25) is 5.89 Å². The van der Waals surface area contributed by atoms with Crippen LogP contribution < -0.4 is 5.73 Å². The Morgan fingerprint density at radius 2 is 2.24 bits per heavy atom. The van der Waals surface area contributed by atoms with Crippen LogP contribution in [0, 0.1) is 6.92 Å². The molecule has 0 bridgehead atoms. The molecule has 0 saturated carbocycles. The molecule has 6 heteroatoms. The van der Waals surface area contributed by atoms with Crippen molar-refractivity contribution in [2.75, 3.05) is 0 Å². The van der Waals surface area contributed by atoms with Gasteiger partial charge in [-0.15, -0.1) is 10.2 Å². The van der Waals surface area contributed by atoms with Crippen molar-refractivity contribution in [3.63, 3.8) is 0 Å². The highest BCUT2D eigenvalue weighted by Crippen LogP contribution is 2.26. The Morgan fingerprint density at radius 1 is 1.41 bits per heavy atom. The van der Waals surface area contributed by atoms with Gasteiger partial charge in [-0.1, -0.05) is 6.92 Å². The van der Waals surface area contributed by atoms with E-state index in [1.54, 1.807) is 13.1 Å². The largest absolute Gasteiger partial charge is 0.416 e. The van der Waals surface area contributed by atoms with Crippen LogP contribution in [0.3, 0.4) is 0 Å². The molecule has 5 nitrogen and oxygen atoms in total. The minimum absolute atomic E-state index is 0.000279. The van der Waals surface area contributed by atoms with Crippen LogP contribution >= 0.6 is 11.8 Å². The summed E-state index contributed by atoms with van der Waals surface area (Å²) in [7, 11) is 0. The van der Waals surface area contributed by atoms with Gasteiger partial charge in [0, 0.05) is 24.1 Å². The van der Waals surface area contributed by atoms with Crippen LogP contribution in [0.4, 0.5) is 0 Å². The molecular weight excluding hydrogens is 236 g/mol. The van der Waals surface area contributed by atoms with Gasteiger partial charge in [-0.2, -0.15) is 0 Å². The lowest BCUT2D eigenvalue weighted by Crippen LogP contribution is -2.10. The van der Waals surface area contributed by atoms with E-state index in [-0.39, 0.29) is 6.04 Å². The number of nitrogens with zero attached hydrogens (tertiary/aromatic N) is 3. The third-order valence-electron chi connectivity index (χ3n) is 2.29. The topological polar surface area (TPSA) is 77.8 Å². The summed E-state index contributed by atoms with van der Waals surface area (Å²) in [6.07, 6.45) is 2.65. The van der Waals surface area contributed by atoms with Crippen molar-refractivity contribution in [3.05, 3.63) is 29.9 Å². The van der Waals surface area contributed by atoms with Crippen molar-refractivity contribution in [1.29, 1.82) is 0 Å². The molecule has 0 radical (unpaired) electrons. The monoisotopic (exact) mass is 250 g/mol. The van der Waals surface area contributed by atoms with Gasteiger partial charge in [0.1, 0.15) is 0 Å². The van der Waals surface area contributed by atoms with Crippen molar-refractivity contribution >= 4 is 11.8 Å². The van der Waals surface area contributed by atoms with Gasteiger partial charge in [0.05, 0.1) is 5.69 Å². The molecule has 2 aromatic heterocycles. The van der Waals surface area contributed by atoms with Crippen LogP contribution in [-0.4, -0.2) is 15.2 Å². The van der Waals surface area contributed by atoms with E-state index in [9.17, 15) is 0 Å². The summed E-state index contributed by atoms with van der Waals surface area (Å²) in [6, 6.07) is 3.89. The fraction of sp³-hybridized carbons (Fsp3) is 0.364. The minimum Gasteiger partial charge on any atom is -0.416 e. The quantitative estimate of drug-likeness (QED) is 0.897. The van der Waals surface area contributed by atoms with Gasteiger partial charge < -0.3 is 10.2 Å². The average molecular weight is 250 g/mol. The number of rotatable bonds is 4. The summed E-state index contributed by atoms with van der Waals surface area (Å²) >= 11 is 1.39. The Labute approximate surface area is 104 Å². The van der Waals surface area contributed by atoms with Gasteiger partial charge >= 0.3 is 0 Å². The molecule has 17 heavy (non-hydrogen) atoms. The Balaban J connectivity index is 2.08. The van der Waals surface area contributed by atoms with Crippen LogP contribution in [0.25, 0.3) is 0 Å². The zero-order valence-electron chi connectivity index (χ0n) is 9.75. The molecule has 2 heterocycles. The van der Waals surface area contributed by atoms with Crippen LogP contribution in [-0.2, 0) is 0 Å². The van der Waals surface area contributed by atoms with Crippen molar-refractivity contribution in [1.82, 2.24) is 15.2 Å². The zero-order valence-corrected chi connectivity index (χ0v) is 10.6. The lowest BCUT2D eigenvalue weighted by atomic mass is 10.1. The molecule has 2 rings (SSSR count). The van der Waals surface area contributed by atoms with Gasteiger partial charge in [0.15, 0.2) is 0 Å². The van der Waals surface area contributed by atoms with Gasteiger partial charge in [-0.25, -0.2) is 0 Å². The van der Waals surface area contributed by atoms with E-state index < -0.39 is 0 Å². The maximum Gasteiger partial charge on any atom is 0.281 e. The third-order valence-corrected chi connectivity index (χ3v) is 3.11. The molecule has 2 N–H and O–H groups in total. The molecule has 0 saturated heterocycles. The standard InChI is InChI=1S/C11H14N4OS/c1-3-9(12)10-5-4-8(6-13-10)17-11-15-14-7(2)16-11/h4-6,9H,3,12H2,1-2H3. The molecule has 1 unspecified atom stereocenters. The molecule has 2 aromatic rings. The Bertz CT molecular complexity index is 482. The summed E-state index contributed by atoms with van der Waals surface area (Å²) in [5.41, 5.74) is 6.79. The molecule has 0 aromatic carbocycles.